The van der Waals surface area contributed by atoms with Crippen LogP contribution < -0.4 is 10.1 Å². The van der Waals surface area contributed by atoms with E-state index in [1.165, 1.54) is 43.5 Å². The minimum absolute atomic E-state index is 0.206. The van der Waals surface area contributed by atoms with E-state index in [-0.39, 0.29) is 5.69 Å². The first-order valence-electron chi connectivity index (χ1n) is 7.75. The predicted molar refractivity (Wildman–Crippen MR) is 93.8 cm³/mol. The Labute approximate surface area is 151 Å². The molecule has 0 saturated carbocycles. The van der Waals surface area contributed by atoms with E-state index in [0.717, 1.165) is 5.56 Å². The average Bonchev–Trinajstić information content (AvgIpc) is 2.62. The molecule has 0 radical (unpaired) electrons. The van der Waals surface area contributed by atoms with Gasteiger partial charge >= 0.3 is 12.3 Å². The van der Waals surface area contributed by atoms with Crippen LogP contribution in [0.25, 0.3) is 0 Å². The maximum Gasteiger partial charge on any atom is 0.327 e. The summed E-state index contributed by atoms with van der Waals surface area (Å²) in [6.45, 7) is 1.83. The predicted octanol–water partition coefficient (Wildman–Crippen LogP) is 4.49. The van der Waals surface area contributed by atoms with E-state index >= 15 is 0 Å². The van der Waals surface area contributed by atoms with Crippen LogP contribution in [-0.4, -0.2) is 35.5 Å². The van der Waals surface area contributed by atoms with Crippen molar-refractivity contribution in [2.45, 2.75) is 30.2 Å². The zero-order valence-electron chi connectivity index (χ0n) is 14.2. The molecular formula is C18H19F4NO2S. The molecule has 0 amide bonds. The van der Waals surface area contributed by atoms with Gasteiger partial charge in [-0.3, -0.25) is 4.21 Å². The maximum absolute atomic E-state index is 14.0. The van der Waals surface area contributed by atoms with Gasteiger partial charge in [0, 0.05) is 10.6 Å². The van der Waals surface area contributed by atoms with E-state index in [4.69, 9.17) is 4.74 Å². The normalized spacial score (nSPS) is 14.1. The fraction of sp³-hybridized carbons (Fsp3) is 0.333. The Morgan fingerprint density at radius 2 is 1.65 bits per heavy atom. The molecule has 0 aliphatic rings. The number of nitrogens with one attached hydrogen (secondary N) is 1. The van der Waals surface area contributed by atoms with Gasteiger partial charge < -0.3 is 10.1 Å². The minimum atomic E-state index is -4.35. The highest BCUT2D eigenvalue weighted by atomic mass is 32.2. The first-order chi connectivity index (χ1) is 12.2. The van der Waals surface area contributed by atoms with Crippen molar-refractivity contribution in [1.29, 1.82) is 0 Å². The quantitative estimate of drug-likeness (QED) is 0.676. The monoisotopic (exact) mass is 389 g/mol. The summed E-state index contributed by atoms with van der Waals surface area (Å²) in [6.07, 6.45) is -3.88. The topological polar surface area (TPSA) is 38.3 Å². The summed E-state index contributed by atoms with van der Waals surface area (Å²) < 4.78 is 71.1. The molecule has 0 bridgehead atoms. The molecule has 0 fully saturated rings. The highest BCUT2D eigenvalue weighted by Gasteiger charge is 2.49. The van der Waals surface area contributed by atoms with E-state index in [1.54, 1.807) is 12.1 Å². The van der Waals surface area contributed by atoms with Crippen LogP contribution in [0.1, 0.15) is 5.56 Å². The van der Waals surface area contributed by atoms with Gasteiger partial charge in [-0.15, -0.1) is 0 Å². The smallest absolute Gasteiger partial charge is 0.327 e. The van der Waals surface area contributed by atoms with E-state index in [1.807, 2.05) is 6.92 Å². The van der Waals surface area contributed by atoms with Crippen molar-refractivity contribution in [3.8, 4) is 5.75 Å². The van der Waals surface area contributed by atoms with Crippen LogP contribution in [0.5, 0.6) is 5.75 Å². The van der Waals surface area contributed by atoms with Crippen molar-refractivity contribution < 1.29 is 26.5 Å². The number of alkyl halides is 4. The number of aryl methyl sites for hydroxylation is 1. The lowest BCUT2D eigenvalue weighted by molar-refractivity contribution is -0.135. The Hall–Kier alpha value is -2.09. The Bertz CT molecular complexity index is 736. The van der Waals surface area contributed by atoms with Crippen LogP contribution in [0.2, 0.25) is 0 Å². The van der Waals surface area contributed by atoms with Gasteiger partial charge in [0.25, 0.3) is 0 Å². The number of rotatable bonds is 8. The Morgan fingerprint density at radius 1 is 1.08 bits per heavy atom. The fourth-order valence-corrected chi connectivity index (χ4v) is 3.47. The van der Waals surface area contributed by atoms with Gasteiger partial charge in [-0.25, -0.2) is 8.78 Å². The van der Waals surface area contributed by atoms with Crippen molar-refractivity contribution >= 4 is 16.5 Å². The third kappa shape index (κ3) is 4.97. The second-order valence-corrected chi connectivity index (χ2v) is 7.22. The van der Waals surface area contributed by atoms with Gasteiger partial charge in [0.2, 0.25) is 0 Å². The highest BCUT2D eigenvalue weighted by molar-refractivity contribution is 7.85. The molecule has 2 rings (SSSR count). The van der Waals surface area contributed by atoms with Crippen LogP contribution in [0.4, 0.5) is 23.2 Å². The number of ether oxygens (including phenoxy) is 1. The van der Waals surface area contributed by atoms with Gasteiger partial charge in [-0.05, 0) is 43.3 Å². The van der Waals surface area contributed by atoms with Crippen LogP contribution in [0, 0.1) is 6.92 Å². The zero-order chi connectivity index (χ0) is 19.3. The lowest BCUT2D eigenvalue weighted by atomic mass is 10.1. The summed E-state index contributed by atoms with van der Waals surface area (Å²) in [5.74, 6) is -4.51. The molecule has 0 aliphatic heterocycles. The Balaban J connectivity index is 2.22. The largest absolute Gasteiger partial charge is 0.497 e. The van der Waals surface area contributed by atoms with Gasteiger partial charge in [-0.2, -0.15) is 8.78 Å². The summed E-state index contributed by atoms with van der Waals surface area (Å²) in [7, 11) is -0.420. The molecule has 0 aromatic heterocycles. The van der Waals surface area contributed by atoms with Gasteiger partial charge in [-0.1, -0.05) is 17.7 Å². The molecule has 3 nitrogen and oxygen atoms in total. The fourth-order valence-electron chi connectivity index (χ4n) is 2.23. The number of methoxy groups -OCH3 is 1. The second kappa shape index (κ2) is 8.53. The Kier molecular flexibility index (Phi) is 6.63. The van der Waals surface area contributed by atoms with Crippen LogP contribution in [0.15, 0.2) is 53.4 Å². The number of halogens is 4. The molecular weight excluding hydrogens is 370 g/mol. The molecule has 0 spiro atoms. The van der Waals surface area contributed by atoms with E-state index < -0.39 is 34.9 Å². The molecule has 1 N–H and O–H groups in total. The standard InChI is InChI=1S/C18H19F4NO2S/c1-12-3-9-15(10-4-12)26(24)11-16(18(21,22)17(19)20)23-13-5-7-14(25-2)8-6-13/h3-10,16-17,23H,11H2,1-2H3/t16-,26?/m1/s1. The van der Waals surface area contributed by atoms with Crippen molar-refractivity contribution in [3.63, 3.8) is 0 Å². The highest BCUT2D eigenvalue weighted by Crippen LogP contribution is 2.31. The van der Waals surface area contributed by atoms with Crippen LogP contribution in [-0.2, 0) is 10.8 Å². The van der Waals surface area contributed by atoms with E-state index in [2.05, 4.69) is 5.32 Å². The molecule has 8 heteroatoms. The zero-order valence-corrected chi connectivity index (χ0v) is 15.0. The summed E-state index contributed by atoms with van der Waals surface area (Å²) in [4.78, 5) is 0.308. The third-order valence-corrected chi connectivity index (χ3v) is 5.22. The number of benzene rings is 2. The molecule has 26 heavy (non-hydrogen) atoms. The molecule has 142 valence electrons. The average molecular weight is 389 g/mol. The molecule has 2 aromatic carbocycles. The van der Waals surface area contributed by atoms with Gasteiger partial charge in [0.15, 0.2) is 0 Å². The van der Waals surface area contributed by atoms with Crippen molar-refractivity contribution in [3.05, 3.63) is 54.1 Å². The molecule has 1 unspecified atom stereocenters. The molecule has 0 heterocycles. The molecule has 2 atom stereocenters. The summed E-state index contributed by atoms with van der Waals surface area (Å²) in [5, 5.41) is 2.39. The summed E-state index contributed by atoms with van der Waals surface area (Å²) >= 11 is 0. The molecule has 0 saturated heterocycles. The van der Waals surface area contributed by atoms with E-state index in [0.29, 0.717) is 10.6 Å². The van der Waals surface area contributed by atoms with Gasteiger partial charge in [0.05, 0.1) is 23.7 Å². The van der Waals surface area contributed by atoms with Crippen molar-refractivity contribution in [1.82, 2.24) is 0 Å². The third-order valence-electron chi connectivity index (χ3n) is 3.79. The molecule has 2 aromatic rings. The lowest BCUT2D eigenvalue weighted by Crippen LogP contribution is -2.48. The maximum atomic E-state index is 14.0. The number of anilines is 1. The minimum Gasteiger partial charge on any atom is -0.497 e. The lowest BCUT2D eigenvalue weighted by Gasteiger charge is -2.27. The van der Waals surface area contributed by atoms with Crippen LogP contribution in [0.3, 0.4) is 0 Å². The number of hydrogen-bond acceptors (Lipinski definition) is 3. The Morgan fingerprint density at radius 3 is 2.15 bits per heavy atom. The first-order valence-corrected chi connectivity index (χ1v) is 9.07. The van der Waals surface area contributed by atoms with Crippen LogP contribution >= 0.6 is 0 Å². The second-order valence-electron chi connectivity index (χ2n) is 5.73. The first kappa shape index (κ1) is 20.2. The van der Waals surface area contributed by atoms with Crippen molar-refractivity contribution in [2.24, 2.45) is 0 Å². The SMILES string of the molecule is COc1ccc(N[C@H](CS(=O)c2ccc(C)cc2)C(F)(F)C(F)F)cc1. The van der Waals surface area contributed by atoms with E-state index in [9.17, 15) is 21.8 Å². The van der Waals surface area contributed by atoms with Crippen molar-refractivity contribution in [2.75, 3.05) is 18.2 Å². The van der Waals surface area contributed by atoms with Gasteiger partial charge in [0.1, 0.15) is 11.8 Å². The summed E-state index contributed by atoms with van der Waals surface area (Å²) in [6, 6.07) is 10.3. The number of hydrogen-bond donors (Lipinski definition) is 1. The molecule has 0 aliphatic carbocycles. The summed E-state index contributed by atoms with van der Waals surface area (Å²) in [5.41, 5.74) is 1.12.